The molecule has 1 fully saturated rings. The van der Waals surface area contributed by atoms with Gasteiger partial charge in [-0.2, -0.15) is 0 Å². The lowest BCUT2D eigenvalue weighted by Gasteiger charge is -2.20. The van der Waals surface area contributed by atoms with E-state index >= 15 is 0 Å². The van der Waals surface area contributed by atoms with Gasteiger partial charge in [0.05, 0.1) is 5.56 Å². The fourth-order valence-electron chi connectivity index (χ4n) is 2.39. The van der Waals surface area contributed by atoms with Gasteiger partial charge in [0.15, 0.2) is 0 Å². The summed E-state index contributed by atoms with van der Waals surface area (Å²) in [5.74, 6) is -0.865. The largest absolute Gasteiger partial charge is 0.478 e. The van der Waals surface area contributed by atoms with E-state index in [-0.39, 0.29) is 0 Å². The molecule has 1 N–H and O–H groups in total. The van der Waals surface area contributed by atoms with E-state index < -0.39 is 5.97 Å². The number of rotatable bonds is 4. The summed E-state index contributed by atoms with van der Waals surface area (Å²) < 4.78 is 0. The summed E-state index contributed by atoms with van der Waals surface area (Å²) in [5.41, 5.74) is 1.53. The zero-order valence-corrected chi connectivity index (χ0v) is 11.0. The summed E-state index contributed by atoms with van der Waals surface area (Å²) in [6, 6.07) is 7.82. The van der Waals surface area contributed by atoms with E-state index in [0.717, 1.165) is 19.6 Å². The molecule has 18 heavy (non-hydrogen) atoms. The van der Waals surface area contributed by atoms with Crippen molar-refractivity contribution >= 4 is 5.97 Å². The van der Waals surface area contributed by atoms with Crippen LogP contribution in [0.25, 0.3) is 0 Å². The molecule has 0 aromatic heterocycles. The van der Waals surface area contributed by atoms with Crippen LogP contribution in [0, 0.1) is 0 Å². The number of hydrogen-bond donors (Lipinski definition) is 1. The standard InChI is InChI=1S/C14H20N2O2/c1-15(2)13-7-8-16(10-13)9-11-3-5-12(6-4-11)14(17)18/h3-6,13H,7-10H2,1-2H3,(H,17,18)/t13-/m1/s1. The lowest BCUT2D eigenvalue weighted by atomic mass is 10.1. The molecule has 0 aliphatic carbocycles. The second-order valence-electron chi connectivity index (χ2n) is 5.14. The monoisotopic (exact) mass is 248 g/mol. The quantitative estimate of drug-likeness (QED) is 0.877. The van der Waals surface area contributed by atoms with Crippen LogP contribution in [0.5, 0.6) is 0 Å². The predicted molar refractivity (Wildman–Crippen MR) is 70.8 cm³/mol. The second kappa shape index (κ2) is 5.50. The van der Waals surface area contributed by atoms with Crippen molar-refractivity contribution in [2.75, 3.05) is 27.2 Å². The molecule has 2 rings (SSSR count). The Labute approximate surface area is 108 Å². The highest BCUT2D eigenvalue weighted by molar-refractivity contribution is 5.87. The van der Waals surface area contributed by atoms with Crippen molar-refractivity contribution in [3.63, 3.8) is 0 Å². The molecule has 1 aromatic rings. The highest BCUT2D eigenvalue weighted by Crippen LogP contribution is 2.16. The Kier molecular flexibility index (Phi) is 3.99. The Morgan fingerprint density at radius 2 is 2.06 bits per heavy atom. The first kappa shape index (κ1) is 13.1. The van der Waals surface area contributed by atoms with Gasteiger partial charge in [-0.05, 0) is 38.2 Å². The molecule has 0 radical (unpaired) electrons. The number of hydrogen-bond acceptors (Lipinski definition) is 3. The minimum absolute atomic E-state index is 0.353. The van der Waals surface area contributed by atoms with Crippen LogP contribution in [0.3, 0.4) is 0 Å². The Hall–Kier alpha value is -1.39. The van der Waals surface area contributed by atoms with Crippen LogP contribution < -0.4 is 0 Å². The average Bonchev–Trinajstić information content (AvgIpc) is 2.78. The molecule has 1 aliphatic heterocycles. The summed E-state index contributed by atoms with van der Waals surface area (Å²) in [6.07, 6.45) is 1.21. The molecule has 0 amide bonds. The van der Waals surface area contributed by atoms with Gasteiger partial charge in [-0.1, -0.05) is 12.1 Å². The third-order valence-electron chi connectivity index (χ3n) is 3.58. The van der Waals surface area contributed by atoms with E-state index in [4.69, 9.17) is 5.11 Å². The maximum Gasteiger partial charge on any atom is 0.335 e. The first-order valence-corrected chi connectivity index (χ1v) is 6.27. The highest BCUT2D eigenvalue weighted by Gasteiger charge is 2.23. The van der Waals surface area contributed by atoms with Crippen LogP contribution in [0.2, 0.25) is 0 Å². The minimum atomic E-state index is -0.865. The van der Waals surface area contributed by atoms with Gasteiger partial charge in [0.1, 0.15) is 0 Å². The highest BCUT2D eigenvalue weighted by atomic mass is 16.4. The van der Waals surface area contributed by atoms with Crippen molar-refractivity contribution < 1.29 is 9.90 Å². The summed E-state index contributed by atoms with van der Waals surface area (Å²) in [4.78, 5) is 15.4. The van der Waals surface area contributed by atoms with Gasteiger partial charge in [-0.15, -0.1) is 0 Å². The number of carboxylic acid groups (broad SMARTS) is 1. The van der Waals surface area contributed by atoms with Crippen molar-refractivity contribution in [2.24, 2.45) is 0 Å². The summed E-state index contributed by atoms with van der Waals surface area (Å²) in [6.45, 7) is 3.11. The van der Waals surface area contributed by atoms with Crippen LogP contribution in [-0.4, -0.2) is 54.1 Å². The van der Waals surface area contributed by atoms with Crippen LogP contribution in [0.4, 0.5) is 0 Å². The summed E-state index contributed by atoms with van der Waals surface area (Å²) in [5, 5.41) is 8.84. The van der Waals surface area contributed by atoms with E-state index in [1.165, 1.54) is 12.0 Å². The second-order valence-corrected chi connectivity index (χ2v) is 5.14. The van der Waals surface area contributed by atoms with Crippen LogP contribution in [0.1, 0.15) is 22.3 Å². The van der Waals surface area contributed by atoms with Crippen molar-refractivity contribution in [3.05, 3.63) is 35.4 Å². The molecule has 0 unspecified atom stereocenters. The Balaban J connectivity index is 1.92. The molecule has 1 aromatic carbocycles. The molecule has 1 saturated heterocycles. The van der Waals surface area contributed by atoms with Crippen LogP contribution in [0.15, 0.2) is 24.3 Å². The Morgan fingerprint density at radius 1 is 1.39 bits per heavy atom. The topological polar surface area (TPSA) is 43.8 Å². The lowest BCUT2D eigenvalue weighted by molar-refractivity contribution is 0.0697. The van der Waals surface area contributed by atoms with Gasteiger partial charge >= 0.3 is 5.97 Å². The van der Waals surface area contributed by atoms with Gasteiger partial charge in [0.25, 0.3) is 0 Å². The number of benzene rings is 1. The molecule has 1 aliphatic rings. The smallest absolute Gasteiger partial charge is 0.335 e. The Morgan fingerprint density at radius 3 is 2.56 bits per heavy atom. The molecule has 0 bridgehead atoms. The third kappa shape index (κ3) is 3.09. The van der Waals surface area contributed by atoms with Crippen molar-refractivity contribution in [3.8, 4) is 0 Å². The maximum absolute atomic E-state index is 10.8. The fraction of sp³-hybridized carbons (Fsp3) is 0.500. The van der Waals surface area contributed by atoms with Gasteiger partial charge in [0, 0.05) is 25.7 Å². The van der Waals surface area contributed by atoms with Gasteiger partial charge in [-0.3, -0.25) is 4.90 Å². The number of carboxylic acids is 1. The fourth-order valence-corrected chi connectivity index (χ4v) is 2.39. The predicted octanol–water partition coefficient (Wildman–Crippen LogP) is 1.52. The van der Waals surface area contributed by atoms with Crippen LogP contribution >= 0.6 is 0 Å². The van der Waals surface area contributed by atoms with E-state index in [1.807, 2.05) is 12.1 Å². The van der Waals surface area contributed by atoms with Gasteiger partial charge in [-0.25, -0.2) is 4.79 Å². The van der Waals surface area contributed by atoms with E-state index in [9.17, 15) is 4.79 Å². The first-order chi connectivity index (χ1) is 8.56. The summed E-state index contributed by atoms with van der Waals surface area (Å²) in [7, 11) is 4.24. The minimum Gasteiger partial charge on any atom is -0.478 e. The van der Waals surface area contributed by atoms with Crippen LogP contribution in [-0.2, 0) is 6.54 Å². The molecule has 1 atom stereocenters. The molecule has 4 nitrogen and oxygen atoms in total. The molecule has 98 valence electrons. The Bertz CT molecular complexity index is 414. The third-order valence-corrected chi connectivity index (χ3v) is 3.58. The first-order valence-electron chi connectivity index (χ1n) is 6.27. The van der Waals surface area contributed by atoms with Gasteiger partial charge in [0.2, 0.25) is 0 Å². The summed E-state index contributed by atoms with van der Waals surface area (Å²) >= 11 is 0. The number of aromatic carboxylic acids is 1. The molecular formula is C14H20N2O2. The molecule has 0 spiro atoms. The molecule has 1 heterocycles. The normalized spacial score (nSPS) is 20.5. The molecule has 4 heteroatoms. The van der Waals surface area contributed by atoms with Crippen molar-refractivity contribution in [1.29, 1.82) is 0 Å². The number of likely N-dealkylation sites (tertiary alicyclic amines) is 1. The maximum atomic E-state index is 10.8. The zero-order valence-electron chi connectivity index (χ0n) is 11.0. The van der Waals surface area contributed by atoms with Gasteiger partial charge < -0.3 is 10.0 Å². The number of nitrogens with zero attached hydrogens (tertiary/aromatic N) is 2. The number of carbonyl (C=O) groups is 1. The number of likely N-dealkylation sites (N-methyl/N-ethyl adjacent to an activating group) is 1. The zero-order chi connectivity index (χ0) is 13.1. The van der Waals surface area contributed by atoms with Crippen molar-refractivity contribution in [2.45, 2.75) is 19.0 Å². The lowest BCUT2D eigenvalue weighted by Crippen LogP contribution is -2.31. The average molecular weight is 248 g/mol. The van der Waals surface area contributed by atoms with E-state index in [1.54, 1.807) is 12.1 Å². The molecular weight excluding hydrogens is 228 g/mol. The molecule has 0 saturated carbocycles. The van der Waals surface area contributed by atoms with E-state index in [0.29, 0.717) is 11.6 Å². The van der Waals surface area contributed by atoms with Crippen molar-refractivity contribution in [1.82, 2.24) is 9.80 Å². The SMILES string of the molecule is CN(C)[C@@H]1CCN(Cc2ccc(C(=O)O)cc2)C1. The van der Waals surface area contributed by atoms with E-state index in [2.05, 4.69) is 23.9 Å².